The molecule has 0 aliphatic carbocycles. The molecule has 0 N–H and O–H groups in total. The molecule has 0 radical (unpaired) electrons. The van der Waals surface area contributed by atoms with Crippen LogP contribution in [0, 0.1) is 0 Å². The largest absolute Gasteiger partial charge is 0.382 e. The van der Waals surface area contributed by atoms with Gasteiger partial charge in [0.15, 0.2) is 0 Å². The lowest BCUT2D eigenvalue weighted by atomic mass is 10.2. The van der Waals surface area contributed by atoms with Gasteiger partial charge in [0.05, 0.1) is 8.80 Å². The second kappa shape index (κ2) is 7.47. The van der Waals surface area contributed by atoms with Gasteiger partial charge in [0.2, 0.25) is 0 Å². The monoisotopic (exact) mass is 214 g/mol. The number of hydrogen-bond donors (Lipinski definition) is 0. The smallest absolute Gasteiger partial charge is 0.0686 e. The first-order valence-corrected chi connectivity index (χ1v) is 9.10. The highest BCUT2D eigenvalue weighted by atomic mass is 28.3. The molecule has 2 unspecified atom stereocenters. The van der Waals surface area contributed by atoms with Crippen LogP contribution in [0.4, 0.5) is 0 Å². The Bertz CT molecular complexity index is 132. The third-order valence-electron chi connectivity index (χ3n) is 3.36. The summed E-state index contributed by atoms with van der Waals surface area (Å²) in [5.74, 6) is 0. The molecule has 1 rings (SSSR count). The lowest BCUT2D eigenvalue weighted by molar-refractivity contribution is 0.0625. The maximum Gasteiger partial charge on any atom is 0.0686 e. The molecule has 1 aliphatic heterocycles. The predicted octanol–water partition coefficient (Wildman–Crippen LogP) is 3.53. The van der Waals surface area contributed by atoms with Crippen molar-refractivity contribution in [2.45, 2.75) is 70.2 Å². The van der Waals surface area contributed by atoms with Crippen LogP contribution in [-0.4, -0.2) is 21.1 Å². The van der Waals surface area contributed by atoms with Crippen molar-refractivity contribution in [1.29, 1.82) is 0 Å². The summed E-state index contributed by atoms with van der Waals surface area (Å²) in [5, 5.41) is 0. The second-order valence-electron chi connectivity index (χ2n) is 4.73. The van der Waals surface area contributed by atoms with Gasteiger partial charge in [0.1, 0.15) is 0 Å². The van der Waals surface area contributed by atoms with Gasteiger partial charge in [0.25, 0.3) is 0 Å². The van der Waals surface area contributed by atoms with Crippen molar-refractivity contribution in [3.8, 4) is 0 Å². The Labute approximate surface area is 90.8 Å². The zero-order chi connectivity index (χ0) is 10.2. The van der Waals surface area contributed by atoms with Gasteiger partial charge in [-0.3, -0.25) is 0 Å². The third kappa shape index (κ3) is 4.60. The molecule has 1 fully saturated rings. The first-order valence-electron chi connectivity index (χ1n) is 6.46. The molecule has 1 aliphatic rings. The first kappa shape index (κ1) is 12.2. The molecule has 2 heteroatoms. The molecule has 0 saturated carbocycles. The summed E-state index contributed by atoms with van der Waals surface area (Å²) < 4.78 is 5.86. The summed E-state index contributed by atoms with van der Waals surface area (Å²) in [7, 11) is -0.548. The average Bonchev–Trinajstić information content (AvgIpc) is 2.25. The van der Waals surface area contributed by atoms with Crippen LogP contribution in [0.5, 0.6) is 0 Å². The van der Waals surface area contributed by atoms with Crippen LogP contribution >= 0.6 is 0 Å². The van der Waals surface area contributed by atoms with Crippen LogP contribution in [0.2, 0.25) is 12.6 Å². The van der Waals surface area contributed by atoms with Crippen LogP contribution < -0.4 is 0 Å². The van der Waals surface area contributed by atoms with Gasteiger partial charge in [-0.2, -0.15) is 0 Å². The highest BCUT2D eigenvalue weighted by molar-refractivity contribution is 6.58. The van der Waals surface area contributed by atoms with Crippen LogP contribution in [0.1, 0.15) is 51.9 Å². The number of unbranched alkanes of at least 4 members (excludes halogenated alkanes) is 3. The van der Waals surface area contributed by atoms with Crippen molar-refractivity contribution < 1.29 is 4.74 Å². The van der Waals surface area contributed by atoms with E-state index < -0.39 is 8.80 Å². The molecule has 0 aromatic carbocycles. The number of rotatable bonds is 6. The molecule has 0 aromatic rings. The van der Waals surface area contributed by atoms with E-state index in [2.05, 4.69) is 13.5 Å². The minimum Gasteiger partial charge on any atom is -0.382 e. The van der Waals surface area contributed by atoms with E-state index in [4.69, 9.17) is 4.74 Å². The fourth-order valence-corrected chi connectivity index (χ4v) is 4.87. The minimum absolute atomic E-state index is 0.548. The molecule has 0 spiro atoms. The maximum atomic E-state index is 5.86. The second-order valence-corrected chi connectivity index (χ2v) is 8.01. The fraction of sp³-hybridized carbons (Fsp3) is 1.00. The van der Waals surface area contributed by atoms with Crippen LogP contribution in [0.15, 0.2) is 0 Å². The Morgan fingerprint density at radius 2 is 2.07 bits per heavy atom. The van der Waals surface area contributed by atoms with Gasteiger partial charge >= 0.3 is 0 Å². The Hall–Kier alpha value is 0.177. The lowest BCUT2D eigenvalue weighted by Gasteiger charge is -2.27. The molecular weight excluding hydrogens is 188 g/mol. The van der Waals surface area contributed by atoms with E-state index in [1.807, 2.05) is 0 Å². The van der Waals surface area contributed by atoms with Crippen LogP contribution in [0.25, 0.3) is 0 Å². The molecule has 2 atom stereocenters. The zero-order valence-corrected chi connectivity index (χ0v) is 11.1. The molecule has 1 heterocycles. The summed E-state index contributed by atoms with van der Waals surface area (Å²) in [6, 6.07) is 1.50. The molecule has 1 saturated heterocycles. The summed E-state index contributed by atoms with van der Waals surface area (Å²) in [6.45, 7) is 5.82. The quantitative estimate of drug-likeness (QED) is 0.485. The lowest BCUT2D eigenvalue weighted by Crippen LogP contribution is -2.33. The van der Waals surface area contributed by atoms with Crippen molar-refractivity contribution in [3.63, 3.8) is 0 Å². The Kier molecular flexibility index (Phi) is 6.53. The zero-order valence-electron chi connectivity index (χ0n) is 9.93. The fourth-order valence-electron chi connectivity index (χ4n) is 2.29. The van der Waals surface area contributed by atoms with E-state index in [9.17, 15) is 0 Å². The van der Waals surface area contributed by atoms with Crippen LogP contribution in [0.3, 0.4) is 0 Å². The highest BCUT2D eigenvalue weighted by Gasteiger charge is 2.21. The highest BCUT2D eigenvalue weighted by Crippen LogP contribution is 2.19. The summed E-state index contributed by atoms with van der Waals surface area (Å²) >= 11 is 0. The first-order chi connectivity index (χ1) is 6.84. The molecule has 0 bridgehead atoms. The van der Waals surface area contributed by atoms with Crippen molar-refractivity contribution in [1.82, 2.24) is 0 Å². The standard InChI is InChI=1S/C12H26OSi/c1-3-4-5-8-11-14(2)12-9-6-7-10-13-12/h12,14H,3-11H2,1-2H3. The van der Waals surface area contributed by atoms with Crippen molar-refractivity contribution in [2.24, 2.45) is 0 Å². The molecule has 14 heavy (non-hydrogen) atoms. The van der Waals surface area contributed by atoms with Gasteiger partial charge in [-0.1, -0.05) is 45.2 Å². The molecule has 0 aromatic heterocycles. The van der Waals surface area contributed by atoms with Gasteiger partial charge in [-0.15, -0.1) is 0 Å². The Balaban J connectivity index is 2.04. The number of ether oxygens (including phenoxy) is 1. The van der Waals surface area contributed by atoms with E-state index in [0.29, 0.717) is 5.73 Å². The van der Waals surface area contributed by atoms with E-state index in [0.717, 1.165) is 6.61 Å². The molecular formula is C12H26OSi. The maximum absolute atomic E-state index is 5.86. The molecule has 84 valence electrons. The summed E-state index contributed by atoms with van der Waals surface area (Å²) in [6.07, 6.45) is 9.76. The van der Waals surface area contributed by atoms with Gasteiger partial charge in [-0.05, 0) is 19.3 Å². The Morgan fingerprint density at radius 3 is 2.71 bits per heavy atom. The minimum atomic E-state index is -0.548. The third-order valence-corrected chi connectivity index (χ3v) is 6.48. The number of hydrogen-bond acceptors (Lipinski definition) is 1. The van der Waals surface area contributed by atoms with Crippen molar-refractivity contribution in [3.05, 3.63) is 0 Å². The van der Waals surface area contributed by atoms with Gasteiger partial charge in [0, 0.05) is 12.3 Å². The average molecular weight is 214 g/mol. The van der Waals surface area contributed by atoms with Crippen molar-refractivity contribution >= 4 is 8.80 Å². The van der Waals surface area contributed by atoms with Gasteiger partial charge in [-0.25, -0.2) is 0 Å². The van der Waals surface area contributed by atoms with Crippen LogP contribution in [-0.2, 0) is 4.74 Å². The topological polar surface area (TPSA) is 9.23 Å². The summed E-state index contributed by atoms with van der Waals surface area (Å²) in [4.78, 5) is 0. The van der Waals surface area contributed by atoms with Crippen molar-refractivity contribution in [2.75, 3.05) is 6.61 Å². The summed E-state index contributed by atoms with van der Waals surface area (Å²) in [5.41, 5.74) is 0.713. The van der Waals surface area contributed by atoms with E-state index in [1.54, 1.807) is 0 Å². The van der Waals surface area contributed by atoms with E-state index in [-0.39, 0.29) is 0 Å². The van der Waals surface area contributed by atoms with E-state index >= 15 is 0 Å². The SMILES string of the molecule is CCCCCC[SiH](C)C1CCCCO1. The molecule has 1 nitrogen and oxygen atoms in total. The van der Waals surface area contributed by atoms with Gasteiger partial charge < -0.3 is 4.74 Å². The molecule has 0 amide bonds. The normalized spacial score (nSPS) is 24.9. The van der Waals surface area contributed by atoms with E-state index in [1.165, 1.54) is 51.0 Å². The predicted molar refractivity (Wildman–Crippen MR) is 65.6 cm³/mol. The Morgan fingerprint density at radius 1 is 1.21 bits per heavy atom.